The standard InChI is InChI=1S/C15H22FNO3/c1-3-6-13(15(18)19)20-14-10(9-11(17)4-2)7-5-8-12(14)16/h5,7-8,11,13H,3-4,6,9,17H2,1-2H3,(H,18,19). The summed E-state index contributed by atoms with van der Waals surface area (Å²) < 4.78 is 19.3. The summed E-state index contributed by atoms with van der Waals surface area (Å²) in [6, 6.07) is 4.46. The minimum atomic E-state index is -1.08. The van der Waals surface area contributed by atoms with Crippen molar-refractivity contribution < 1.29 is 19.0 Å². The van der Waals surface area contributed by atoms with E-state index in [0.717, 1.165) is 6.42 Å². The van der Waals surface area contributed by atoms with Crippen molar-refractivity contribution in [2.24, 2.45) is 5.73 Å². The number of carbonyl (C=O) groups is 1. The summed E-state index contributed by atoms with van der Waals surface area (Å²) in [5, 5.41) is 9.10. The quantitative estimate of drug-likeness (QED) is 0.769. The third-order valence-corrected chi connectivity index (χ3v) is 3.14. The maximum atomic E-state index is 13.9. The topological polar surface area (TPSA) is 72.5 Å². The second kappa shape index (κ2) is 7.85. The van der Waals surface area contributed by atoms with Gasteiger partial charge in [-0.1, -0.05) is 32.4 Å². The highest BCUT2D eigenvalue weighted by Gasteiger charge is 2.22. The number of halogens is 1. The van der Waals surface area contributed by atoms with E-state index in [1.165, 1.54) is 6.07 Å². The molecule has 0 bridgehead atoms. The van der Waals surface area contributed by atoms with E-state index in [-0.39, 0.29) is 11.8 Å². The molecule has 0 spiro atoms. The molecular weight excluding hydrogens is 261 g/mol. The van der Waals surface area contributed by atoms with E-state index in [4.69, 9.17) is 15.6 Å². The van der Waals surface area contributed by atoms with Gasteiger partial charge in [0.15, 0.2) is 17.7 Å². The largest absolute Gasteiger partial charge is 0.479 e. The Hall–Kier alpha value is -1.62. The van der Waals surface area contributed by atoms with Crippen molar-refractivity contribution in [2.45, 2.75) is 51.7 Å². The molecular formula is C15H22FNO3. The Kier molecular flexibility index (Phi) is 6.45. The van der Waals surface area contributed by atoms with Gasteiger partial charge >= 0.3 is 5.97 Å². The molecule has 0 heterocycles. The highest BCUT2D eigenvalue weighted by atomic mass is 19.1. The molecule has 2 unspecified atom stereocenters. The van der Waals surface area contributed by atoms with Gasteiger partial charge in [0, 0.05) is 6.04 Å². The molecule has 0 aromatic heterocycles. The first-order valence-corrected chi connectivity index (χ1v) is 6.92. The fraction of sp³-hybridized carbons (Fsp3) is 0.533. The van der Waals surface area contributed by atoms with Crippen LogP contribution in [0.25, 0.3) is 0 Å². The molecule has 0 aliphatic heterocycles. The molecule has 4 nitrogen and oxygen atoms in total. The van der Waals surface area contributed by atoms with E-state index in [0.29, 0.717) is 24.8 Å². The van der Waals surface area contributed by atoms with Crippen LogP contribution in [0.15, 0.2) is 18.2 Å². The van der Waals surface area contributed by atoms with Gasteiger partial charge in [-0.2, -0.15) is 0 Å². The van der Waals surface area contributed by atoms with Gasteiger partial charge in [-0.15, -0.1) is 0 Å². The number of benzene rings is 1. The molecule has 0 saturated carbocycles. The Labute approximate surface area is 118 Å². The van der Waals surface area contributed by atoms with E-state index >= 15 is 0 Å². The van der Waals surface area contributed by atoms with Gasteiger partial charge in [0.25, 0.3) is 0 Å². The molecule has 0 saturated heterocycles. The summed E-state index contributed by atoms with van der Waals surface area (Å²) in [6.07, 6.45) is 1.17. The summed E-state index contributed by atoms with van der Waals surface area (Å²) >= 11 is 0. The van der Waals surface area contributed by atoms with Crippen LogP contribution >= 0.6 is 0 Å². The Morgan fingerprint density at radius 1 is 1.45 bits per heavy atom. The minimum absolute atomic E-state index is 0.0113. The summed E-state index contributed by atoms with van der Waals surface area (Å²) in [6.45, 7) is 3.80. The van der Waals surface area contributed by atoms with Crippen molar-refractivity contribution in [2.75, 3.05) is 0 Å². The number of rotatable bonds is 8. The first kappa shape index (κ1) is 16.4. The highest BCUT2D eigenvalue weighted by Crippen LogP contribution is 2.26. The molecule has 1 aromatic carbocycles. The lowest BCUT2D eigenvalue weighted by atomic mass is 10.0. The molecule has 0 fully saturated rings. The monoisotopic (exact) mass is 283 g/mol. The zero-order chi connectivity index (χ0) is 15.1. The van der Waals surface area contributed by atoms with Gasteiger partial charge in [0.1, 0.15) is 0 Å². The summed E-state index contributed by atoms with van der Waals surface area (Å²) in [5.74, 6) is -1.62. The van der Waals surface area contributed by atoms with E-state index in [1.54, 1.807) is 12.1 Å². The van der Waals surface area contributed by atoms with Gasteiger partial charge < -0.3 is 15.6 Å². The SMILES string of the molecule is CCCC(Oc1c(F)cccc1CC(N)CC)C(=O)O. The lowest BCUT2D eigenvalue weighted by Gasteiger charge is -2.19. The molecule has 1 rings (SSSR count). The van der Waals surface area contributed by atoms with Crippen LogP contribution in [0.3, 0.4) is 0 Å². The normalized spacial score (nSPS) is 13.8. The number of para-hydroxylation sites is 1. The molecule has 5 heteroatoms. The first-order valence-electron chi connectivity index (χ1n) is 6.92. The Morgan fingerprint density at radius 3 is 2.70 bits per heavy atom. The highest BCUT2D eigenvalue weighted by molar-refractivity contribution is 5.72. The summed E-state index contributed by atoms with van der Waals surface area (Å²) in [7, 11) is 0. The Balaban J connectivity index is 2.99. The van der Waals surface area contributed by atoms with Crippen LogP contribution in [-0.4, -0.2) is 23.2 Å². The van der Waals surface area contributed by atoms with E-state index in [1.807, 2.05) is 13.8 Å². The lowest BCUT2D eigenvalue weighted by molar-refractivity contribution is -0.145. The van der Waals surface area contributed by atoms with Crippen molar-refractivity contribution in [3.63, 3.8) is 0 Å². The van der Waals surface area contributed by atoms with E-state index < -0.39 is 17.9 Å². The maximum absolute atomic E-state index is 13.9. The zero-order valence-corrected chi connectivity index (χ0v) is 11.9. The molecule has 2 atom stereocenters. The molecule has 112 valence electrons. The average molecular weight is 283 g/mol. The molecule has 0 aliphatic carbocycles. The number of nitrogens with two attached hydrogens (primary N) is 1. The second-order valence-electron chi connectivity index (χ2n) is 4.83. The minimum Gasteiger partial charge on any atom is -0.479 e. The Morgan fingerprint density at radius 2 is 2.15 bits per heavy atom. The predicted molar refractivity (Wildman–Crippen MR) is 75.3 cm³/mol. The van der Waals surface area contributed by atoms with Gasteiger partial charge in [0.05, 0.1) is 0 Å². The Bertz CT molecular complexity index is 451. The van der Waals surface area contributed by atoms with Crippen LogP contribution in [-0.2, 0) is 11.2 Å². The van der Waals surface area contributed by atoms with Crippen molar-refractivity contribution in [3.05, 3.63) is 29.6 Å². The molecule has 20 heavy (non-hydrogen) atoms. The number of hydrogen-bond donors (Lipinski definition) is 2. The lowest BCUT2D eigenvalue weighted by Crippen LogP contribution is -2.28. The van der Waals surface area contributed by atoms with Crippen LogP contribution < -0.4 is 10.5 Å². The van der Waals surface area contributed by atoms with Crippen LogP contribution in [0.2, 0.25) is 0 Å². The maximum Gasteiger partial charge on any atom is 0.344 e. The van der Waals surface area contributed by atoms with Crippen LogP contribution in [0.1, 0.15) is 38.7 Å². The third-order valence-electron chi connectivity index (χ3n) is 3.14. The number of ether oxygens (including phenoxy) is 1. The van der Waals surface area contributed by atoms with Gasteiger partial charge in [0.2, 0.25) is 0 Å². The fourth-order valence-electron chi connectivity index (χ4n) is 1.91. The number of hydrogen-bond acceptors (Lipinski definition) is 3. The molecule has 0 radical (unpaired) electrons. The predicted octanol–water partition coefficient (Wildman–Crippen LogP) is 2.74. The number of carboxylic acids is 1. The van der Waals surface area contributed by atoms with E-state index in [2.05, 4.69) is 0 Å². The van der Waals surface area contributed by atoms with Crippen LogP contribution in [0, 0.1) is 5.82 Å². The van der Waals surface area contributed by atoms with Gasteiger partial charge in [-0.05, 0) is 30.9 Å². The number of aliphatic carboxylic acids is 1. The summed E-state index contributed by atoms with van der Waals surface area (Å²) in [5.41, 5.74) is 6.49. The van der Waals surface area contributed by atoms with Crippen LogP contribution in [0.4, 0.5) is 4.39 Å². The third kappa shape index (κ3) is 4.49. The molecule has 3 N–H and O–H groups in total. The smallest absolute Gasteiger partial charge is 0.344 e. The molecule has 0 aliphatic rings. The fourth-order valence-corrected chi connectivity index (χ4v) is 1.91. The zero-order valence-electron chi connectivity index (χ0n) is 11.9. The average Bonchev–Trinajstić information content (AvgIpc) is 2.41. The van der Waals surface area contributed by atoms with Crippen molar-refractivity contribution in [3.8, 4) is 5.75 Å². The van der Waals surface area contributed by atoms with Gasteiger partial charge in [-0.3, -0.25) is 0 Å². The van der Waals surface area contributed by atoms with Crippen molar-refractivity contribution in [1.29, 1.82) is 0 Å². The van der Waals surface area contributed by atoms with Crippen molar-refractivity contribution in [1.82, 2.24) is 0 Å². The van der Waals surface area contributed by atoms with Crippen molar-refractivity contribution >= 4 is 5.97 Å². The van der Waals surface area contributed by atoms with Gasteiger partial charge in [-0.25, -0.2) is 9.18 Å². The number of carboxylic acid groups (broad SMARTS) is 1. The van der Waals surface area contributed by atoms with E-state index in [9.17, 15) is 9.18 Å². The summed E-state index contributed by atoms with van der Waals surface area (Å²) in [4.78, 5) is 11.1. The van der Waals surface area contributed by atoms with Crippen LogP contribution in [0.5, 0.6) is 5.75 Å². The second-order valence-corrected chi connectivity index (χ2v) is 4.83. The molecule has 1 aromatic rings. The molecule has 0 amide bonds. The first-order chi connectivity index (χ1) is 9.49.